The lowest BCUT2D eigenvalue weighted by Gasteiger charge is -2.35. The van der Waals surface area contributed by atoms with E-state index < -0.39 is 0 Å². The number of aromatic nitrogens is 1. The Bertz CT molecular complexity index is 978. The highest BCUT2D eigenvalue weighted by atomic mass is 16.2. The number of nitrogens with zero attached hydrogens (tertiary/aromatic N) is 2. The van der Waals surface area contributed by atoms with Crippen molar-refractivity contribution in [2.24, 2.45) is 0 Å². The highest BCUT2D eigenvalue weighted by Gasteiger charge is 2.32. The summed E-state index contributed by atoms with van der Waals surface area (Å²) >= 11 is 0. The molecule has 0 aliphatic carbocycles. The topological polar surface area (TPSA) is 37.3 Å². The van der Waals surface area contributed by atoms with Crippen LogP contribution in [0.2, 0.25) is 0 Å². The number of fused-ring (bicyclic) bond motifs is 2. The van der Waals surface area contributed by atoms with E-state index in [4.69, 9.17) is 0 Å². The maximum atomic E-state index is 13.2. The smallest absolute Gasteiger partial charge is 0.268 e. The fourth-order valence-electron chi connectivity index (χ4n) is 4.95. The van der Waals surface area contributed by atoms with Gasteiger partial charge in [0.25, 0.3) is 5.91 Å². The van der Waals surface area contributed by atoms with Crippen LogP contribution in [0.5, 0.6) is 0 Å². The molecule has 4 heteroatoms. The number of para-hydroxylation sites is 1. The average Bonchev–Trinajstić information content (AvgIpc) is 3.33. The van der Waals surface area contributed by atoms with Gasteiger partial charge in [0.2, 0.25) is 0 Å². The largest absolute Gasteiger partial charge is 0.348 e. The molecule has 144 valence electrons. The Hall–Kier alpha value is -2.59. The van der Waals surface area contributed by atoms with Gasteiger partial charge in [-0.1, -0.05) is 48.5 Å². The van der Waals surface area contributed by atoms with E-state index in [0.29, 0.717) is 12.6 Å². The number of benzene rings is 2. The second kappa shape index (κ2) is 7.44. The van der Waals surface area contributed by atoms with E-state index in [0.717, 1.165) is 36.0 Å². The van der Waals surface area contributed by atoms with E-state index in [1.54, 1.807) is 0 Å². The molecule has 2 fully saturated rings. The third-order valence-corrected chi connectivity index (χ3v) is 6.38. The first-order valence-electron chi connectivity index (χ1n) is 10.4. The van der Waals surface area contributed by atoms with Crippen LogP contribution in [-0.4, -0.2) is 40.5 Å². The molecule has 28 heavy (non-hydrogen) atoms. The summed E-state index contributed by atoms with van der Waals surface area (Å²) in [7, 11) is 0. The SMILES string of the molecule is O=C(N[C@@H]1CCN2CCC[C@@H]2C1)c1cc2ccccc2n1Cc1ccccc1. The first kappa shape index (κ1) is 17.5. The van der Waals surface area contributed by atoms with Crippen molar-refractivity contribution in [3.8, 4) is 0 Å². The Morgan fingerprint density at radius 2 is 1.82 bits per heavy atom. The summed E-state index contributed by atoms with van der Waals surface area (Å²) in [6.07, 6.45) is 4.73. The molecule has 2 aliphatic rings. The Labute approximate surface area is 166 Å². The molecule has 4 nitrogen and oxygen atoms in total. The van der Waals surface area contributed by atoms with Crippen LogP contribution in [0, 0.1) is 0 Å². The molecule has 0 spiro atoms. The van der Waals surface area contributed by atoms with Gasteiger partial charge in [0.05, 0.1) is 0 Å². The normalized spacial score (nSPS) is 22.3. The molecular formula is C24H27N3O. The quantitative estimate of drug-likeness (QED) is 0.749. The molecule has 1 amide bonds. The second-order valence-corrected chi connectivity index (χ2v) is 8.19. The molecule has 1 aromatic heterocycles. The molecule has 0 radical (unpaired) electrons. The third kappa shape index (κ3) is 3.33. The van der Waals surface area contributed by atoms with Gasteiger partial charge in [-0.3, -0.25) is 4.79 Å². The number of rotatable bonds is 4. The van der Waals surface area contributed by atoms with Crippen LogP contribution in [0.3, 0.4) is 0 Å². The van der Waals surface area contributed by atoms with E-state index in [1.165, 1.54) is 24.9 Å². The number of carbonyl (C=O) groups is 1. The van der Waals surface area contributed by atoms with Crippen molar-refractivity contribution < 1.29 is 4.79 Å². The lowest BCUT2D eigenvalue weighted by atomic mass is 9.97. The van der Waals surface area contributed by atoms with E-state index in [9.17, 15) is 4.79 Å². The average molecular weight is 374 g/mol. The number of hydrogen-bond acceptors (Lipinski definition) is 2. The maximum absolute atomic E-state index is 13.2. The minimum Gasteiger partial charge on any atom is -0.348 e. The van der Waals surface area contributed by atoms with Gasteiger partial charge in [0, 0.05) is 36.1 Å². The fourth-order valence-corrected chi connectivity index (χ4v) is 4.95. The molecule has 2 saturated heterocycles. The van der Waals surface area contributed by atoms with Gasteiger partial charge >= 0.3 is 0 Å². The van der Waals surface area contributed by atoms with Gasteiger partial charge in [0.1, 0.15) is 5.69 Å². The van der Waals surface area contributed by atoms with Gasteiger partial charge in [0.15, 0.2) is 0 Å². The van der Waals surface area contributed by atoms with Crippen molar-refractivity contribution in [1.82, 2.24) is 14.8 Å². The van der Waals surface area contributed by atoms with Crippen molar-refractivity contribution in [3.63, 3.8) is 0 Å². The van der Waals surface area contributed by atoms with Crippen molar-refractivity contribution in [3.05, 3.63) is 71.9 Å². The van der Waals surface area contributed by atoms with Crippen LogP contribution in [0.1, 0.15) is 41.7 Å². The van der Waals surface area contributed by atoms with Gasteiger partial charge < -0.3 is 14.8 Å². The molecular weight excluding hydrogens is 346 g/mol. The van der Waals surface area contributed by atoms with Crippen LogP contribution in [-0.2, 0) is 6.54 Å². The number of amides is 1. The van der Waals surface area contributed by atoms with Crippen molar-refractivity contribution >= 4 is 16.8 Å². The van der Waals surface area contributed by atoms with Crippen LogP contribution in [0.4, 0.5) is 0 Å². The highest BCUT2D eigenvalue weighted by molar-refractivity contribution is 5.99. The zero-order valence-electron chi connectivity index (χ0n) is 16.2. The summed E-state index contributed by atoms with van der Waals surface area (Å²) in [4.78, 5) is 15.8. The molecule has 2 atom stereocenters. The molecule has 3 aromatic rings. The summed E-state index contributed by atoms with van der Waals surface area (Å²) < 4.78 is 2.16. The molecule has 0 unspecified atom stereocenters. The fraction of sp³-hybridized carbons (Fsp3) is 0.375. The number of carbonyl (C=O) groups excluding carboxylic acids is 1. The third-order valence-electron chi connectivity index (χ3n) is 6.38. The van der Waals surface area contributed by atoms with Crippen molar-refractivity contribution in [2.45, 2.75) is 44.3 Å². The van der Waals surface area contributed by atoms with E-state index in [2.05, 4.69) is 51.2 Å². The monoisotopic (exact) mass is 373 g/mol. The Kier molecular flexibility index (Phi) is 4.65. The van der Waals surface area contributed by atoms with Crippen molar-refractivity contribution in [2.75, 3.05) is 13.1 Å². The Balaban J connectivity index is 1.41. The van der Waals surface area contributed by atoms with E-state index in [1.807, 2.05) is 24.3 Å². The first-order chi connectivity index (χ1) is 13.8. The molecule has 5 rings (SSSR count). The molecule has 1 N–H and O–H groups in total. The Morgan fingerprint density at radius 1 is 1.00 bits per heavy atom. The predicted molar refractivity (Wildman–Crippen MR) is 113 cm³/mol. The highest BCUT2D eigenvalue weighted by Crippen LogP contribution is 2.27. The predicted octanol–water partition coefficient (Wildman–Crippen LogP) is 4.05. The van der Waals surface area contributed by atoms with Crippen molar-refractivity contribution in [1.29, 1.82) is 0 Å². The summed E-state index contributed by atoms with van der Waals surface area (Å²) in [5.41, 5.74) is 3.08. The van der Waals surface area contributed by atoms with E-state index >= 15 is 0 Å². The van der Waals surface area contributed by atoms with E-state index in [-0.39, 0.29) is 11.9 Å². The van der Waals surface area contributed by atoms with Gasteiger partial charge in [-0.05, 0) is 49.9 Å². The van der Waals surface area contributed by atoms with Crippen LogP contribution < -0.4 is 5.32 Å². The minimum absolute atomic E-state index is 0.0589. The lowest BCUT2D eigenvalue weighted by molar-refractivity contribution is 0.0888. The standard InChI is InChI=1S/C24H27N3O/c28-24(25-20-12-14-26-13-6-10-21(26)16-20)23-15-19-9-4-5-11-22(19)27(23)17-18-7-2-1-3-8-18/h1-5,7-9,11,15,20-21H,6,10,12-14,16-17H2,(H,25,28)/t20-,21-/m1/s1. The lowest BCUT2D eigenvalue weighted by Crippen LogP contribution is -2.47. The molecule has 2 aromatic carbocycles. The van der Waals surface area contributed by atoms with Gasteiger partial charge in [-0.15, -0.1) is 0 Å². The van der Waals surface area contributed by atoms with Gasteiger partial charge in [-0.25, -0.2) is 0 Å². The summed E-state index contributed by atoms with van der Waals surface area (Å²) in [6.45, 7) is 3.05. The number of nitrogens with one attached hydrogen (secondary N) is 1. The zero-order chi connectivity index (χ0) is 18.9. The van der Waals surface area contributed by atoms with Gasteiger partial charge in [-0.2, -0.15) is 0 Å². The maximum Gasteiger partial charge on any atom is 0.268 e. The van der Waals surface area contributed by atoms with Crippen LogP contribution in [0.15, 0.2) is 60.7 Å². The molecule has 3 heterocycles. The molecule has 0 bridgehead atoms. The van der Waals surface area contributed by atoms with Crippen LogP contribution in [0.25, 0.3) is 10.9 Å². The number of piperidine rings is 1. The number of hydrogen-bond donors (Lipinski definition) is 1. The molecule has 2 aliphatic heterocycles. The Morgan fingerprint density at radius 3 is 2.71 bits per heavy atom. The summed E-state index contributed by atoms with van der Waals surface area (Å²) in [5.74, 6) is 0.0589. The minimum atomic E-state index is 0.0589. The second-order valence-electron chi connectivity index (χ2n) is 8.19. The van der Waals surface area contributed by atoms with Crippen LogP contribution >= 0.6 is 0 Å². The molecule has 0 saturated carbocycles. The summed E-state index contributed by atoms with van der Waals surface area (Å²) in [6, 6.07) is 21.6. The zero-order valence-corrected chi connectivity index (χ0v) is 16.2. The first-order valence-corrected chi connectivity index (χ1v) is 10.4. The summed E-state index contributed by atoms with van der Waals surface area (Å²) in [5, 5.41) is 4.47.